The van der Waals surface area contributed by atoms with Crippen LogP contribution in [0.25, 0.3) is 0 Å². The molecule has 1 aromatic carbocycles. The lowest BCUT2D eigenvalue weighted by atomic mass is 9.78. The Morgan fingerprint density at radius 1 is 1.38 bits per heavy atom. The van der Waals surface area contributed by atoms with Gasteiger partial charge in [0.1, 0.15) is 11.7 Å². The van der Waals surface area contributed by atoms with Crippen LogP contribution in [0.2, 0.25) is 0 Å². The average molecular weight is 346 g/mol. The first kappa shape index (κ1) is 17.9. The maximum atomic E-state index is 12.5. The average Bonchev–Trinajstić information content (AvgIpc) is 2.60. The van der Waals surface area contributed by atoms with Crippen LogP contribution in [-0.2, 0) is 14.3 Å². The molecule has 24 heavy (non-hydrogen) atoms. The van der Waals surface area contributed by atoms with Crippen molar-refractivity contribution in [3.8, 4) is 11.8 Å². The first-order valence-electron chi connectivity index (χ1n) is 7.37. The number of thioether (sulfide) groups is 1. The van der Waals surface area contributed by atoms with Crippen molar-refractivity contribution in [3.05, 3.63) is 40.4 Å². The number of nitrogens with zero attached hydrogens (tertiary/aromatic N) is 1. The van der Waals surface area contributed by atoms with Gasteiger partial charge < -0.3 is 14.8 Å². The Morgan fingerprint density at radius 3 is 2.67 bits per heavy atom. The van der Waals surface area contributed by atoms with E-state index in [1.165, 1.54) is 26.0 Å². The number of nitriles is 1. The van der Waals surface area contributed by atoms with Crippen molar-refractivity contribution >= 4 is 23.6 Å². The summed E-state index contributed by atoms with van der Waals surface area (Å²) < 4.78 is 10.2. The highest BCUT2D eigenvalue weighted by molar-refractivity contribution is 8.03. The number of carbonyl (C=O) groups is 2. The van der Waals surface area contributed by atoms with Crippen LogP contribution in [0.5, 0.6) is 5.75 Å². The number of benzene rings is 1. The molecule has 0 unspecified atom stereocenters. The molecule has 0 aromatic heterocycles. The summed E-state index contributed by atoms with van der Waals surface area (Å²) in [6, 6.07) is 9.20. The lowest BCUT2D eigenvalue weighted by Gasteiger charge is -2.31. The summed E-state index contributed by atoms with van der Waals surface area (Å²) >= 11 is 1.35. The Morgan fingerprint density at radius 2 is 2.08 bits per heavy atom. The van der Waals surface area contributed by atoms with E-state index in [0.29, 0.717) is 27.7 Å². The van der Waals surface area contributed by atoms with Crippen molar-refractivity contribution < 1.29 is 19.1 Å². The number of allylic oxidation sites excluding steroid dienone is 1. The molecule has 1 heterocycles. The maximum absolute atomic E-state index is 12.5. The number of para-hydroxylation sites is 1. The van der Waals surface area contributed by atoms with Gasteiger partial charge in [0, 0.05) is 11.5 Å². The number of methoxy groups -OCH3 is 2. The lowest BCUT2D eigenvalue weighted by molar-refractivity contribution is -0.150. The quantitative estimate of drug-likeness (QED) is 0.649. The Labute approximate surface area is 144 Å². The standard InChI is InChI=1S/C17H18N2O4S/c1-4-24-16-11(9-18)13(10-7-5-6-8-12(10)22-2)14(15(20)19-16)17(21)23-3/h5-8,13-14H,4H2,1-3H3,(H,19,20)/t13-,14+/m0/s1. The third-order valence-electron chi connectivity index (χ3n) is 3.75. The zero-order valence-electron chi connectivity index (χ0n) is 13.7. The van der Waals surface area contributed by atoms with Crippen LogP contribution in [0.1, 0.15) is 18.4 Å². The summed E-state index contributed by atoms with van der Waals surface area (Å²) in [7, 11) is 2.73. The molecule has 0 saturated heterocycles. The molecular formula is C17H18N2O4S. The molecule has 0 aliphatic carbocycles. The number of amides is 1. The second kappa shape index (κ2) is 7.88. The summed E-state index contributed by atoms with van der Waals surface area (Å²) in [6.45, 7) is 1.92. The first-order valence-corrected chi connectivity index (χ1v) is 8.36. The van der Waals surface area contributed by atoms with Crippen molar-refractivity contribution in [1.29, 1.82) is 5.26 Å². The second-order valence-corrected chi connectivity index (χ2v) is 6.27. The topological polar surface area (TPSA) is 88.4 Å². The normalized spacial score (nSPS) is 20.2. The highest BCUT2D eigenvalue weighted by Crippen LogP contribution is 2.43. The molecule has 6 nitrogen and oxygen atoms in total. The molecule has 126 valence electrons. The minimum Gasteiger partial charge on any atom is -0.496 e. The fraction of sp³-hybridized carbons (Fsp3) is 0.353. The summed E-state index contributed by atoms with van der Waals surface area (Å²) in [5.74, 6) is -1.85. The van der Waals surface area contributed by atoms with Crippen LogP contribution in [0, 0.1) is 17.2 Å². The Balaban J connectivity index is 2.69. The summed E-state index contributed by atoms with van der Waals surface area (Å²) in [5.41, 5.74) is 0.942. The van der Waals surface area contributed by atoms with Gasteiger partial charge in [-0.3, -0.25) is 9.59 Å². The van der Waals surface area contributed by atoms with E-state index in [1.807, 2.05) is 6.92 Å². The van der Waals surface area contributed by atoms with Gasteiger partial charge in [0.15, 0.2) is 0 Å². The van der Waals surface area contributed by atoms with E-state index < -0.39 is 23.7 Å². The minimum atomic E-state index is -1.14. The van der Waals surface area contributed by atoms with E-state index in [0.717, 1.165) is 0 Å². The Kier molecular flexibility index (Phi) is 5.88. The Bertz CT molecular complexity index is 724. The van der Waals surface area contributed by atoms with Gasteiger partial charge in [0.25, 0.3) is 0 Å². The molecule has 1 amide bonds. The molecule has 1 aliphatic heterocycles. The zero-order chi connectivity index (χ0) is 17.7. The number of nitrogens with one attached hydrogen (secondary N) is 1. The maximum Gasteiger partial charge on any atom is 0.319 e. The first-order chi connectivity index (χ1) is 11.6. The molecule has 2 atom stereocenters. The van der Waals surface area contributed by atoms with Gasteiger partial charge in [-0.15, -0.1) is 11.8 Å². The smallest absolute Gasteiger partial charge is 0.319 e. The predicted molar refractivity (Wildman–Crippen MR) is 90.2 cm³/mol. The molecule has 2 rings (SSSR count). The van der Waals surface area contributed by atoms with Gasteiger partial charge in [-0.25, -0.2) is 0 Å². The fourth-order valence-electron chi connectivity index (χ4n) is 2.72. The van der Waals surface area contributed by atoms with Crippen LogP contribution >= 0.6 is 11.8 Å². The zero-order valence-corrected chi connectivity index (χ0v) is 14.5. The van der Waals surface area contributed by atoms with Gasteiger partial charge in [0.05, 0.1) is 30.9 Å². The van der Waals surface area contributed by atoms with E-state index in [2.05, 4.69) is 11.4 Å². The van der Waals surface area contributed by atoms with E-state index in [4.69, 9.17) is 9.47 Å². The predicted octanol–water partition coefficient (Wildman–Crippen LogP) is 2.19. The van der Waals surface area contributed by atoms with E-state index in [9.17, 15) is 14.9 Å². The molecule has 0 spiro atoms. The van der Waals surface area contributed by atoms with Crippen LogP contribution in [0.15, 0.2) is 34.9 Å². The number of ether oxygens (including phenoxy) is 2. The lowest BCUT2D eigenvalue weighted by Crippen LogP contribution is -2.44. The SMILES string of the molecule is CCSC1=C(C#N)[C@H](c2ccccc2OC)[C@@H](C(=O)OC)C(=O)N1. The number of hydrogen-bond acceptors (Lipinski definition) is 6. The van der Waals surface area contributed by atoms with Crippen molar-refractivity contribution in [2.75, 3.05) is 20.0 Å². The van der Waals surface area contributed by atoms with Gasteiger partial charge in [-0.1, -0.05) is 25.1 Å². The molecular weight excluding hydrogens is 328 g/mol. The van der Waals surface area contributed by atoms with Crippen molar-refractivity contribution in [2.24, 2.45) is 5.92 Å². The highest BCUT2D eigenvalue weighted by atomic mass is 32.2. The largest absolute Gasteiger partial charge is 0.496 e. The van der Waals surface area contributed by atoms with E-state index >= 15 is 0 Å². The van der Waals surface area contributed by atoms with Crippen molar-refractivity contribution in [2.45, 2.75) is 12.8 Å². The third kappa shape index (κ3) is 3.24. The summed E-state index contributed by atoms with van der Waals surface area (Å²) in [6.07, 6.45) is 0. The third-order valence-corrected chi connectivity index (χ3v) is 4.65. The van der Waals surface area contributed by atoms with Crippen LogP contribution in [0.4, 0.5) is 0 Å². The molecule has 0 saturated carbocycles. The second-order valence-electron chi connectivity index (χ2n) is 5.00. The van der Waals surface area contributed by atoms with Gasteiger partial charge in [0.2, 0.25) is 5.91 Å². The van der Waals surface area contributed by atoms with E-state index in [-0.39, 0.29) is 0 Å². The number of carbonyl (C=O) groups excluding carboxylic acids is 2. The van der Waals surface area contributed by atoms with E-state index in [1.54, 1.807) is 24.3 Å². The van der Waals surface area contributed by atoms with Crippen molar-refractivity contribution in [1.82, 2.24) is 5.32 Å². The molecule has 1 N–H and O–H groups in total. The number of esters is 1. The highest BCUT2D eigenvalue weighted by Gasteiger charge is 2.45. The van der Waals surface area contributed by atoms with Gasteiger partial charge >= 0.3 is 5.97 Å². The molecule has 0 radical (unpaired) electrons. The summed E-state index contributed by atoms with van der Waals surface area (Å²) in [4.78, 5) is 24.7. The molecule has 0 bridgehead atoms. The Hall–Kier alpha value is -2.46. The molecule has 7 heteroatoms. The van der Waals surface area contributed by atoms with Gasteiger partial charge in [-0.05, 0) is 11.8 Å². The monoisotopic (exact) mass is 346 g/mol. The number of hydrogen-bond donors (Lipinski definition) is 1. The molecule has 1 aromatic rings. The van der Waals surface area contributed by atoms with Crippen LogP contribution in [0.3, 0.4) is 0 Å². The minimum absolute atomic E-state index is 0.335. The van der Waals surface area contributed by atoms with Crippen LogP contribution in [-0.4, -0.2) is 31.8 Å². The molecule has 0 fully saturated rings. The number of rotatable bonds is 5. The molecule has 1 aliphatic rings. The van der Waals surface area contributed by atoms with Gasteiger partial charge in [-0.2, -0.15) is 5.26 Å². The summed E-state index contributed by atoms with van der Waals surface area (Å²) in [5, 5.41) is 12.8. The fourth-order valence-corrected chi connectivity index (χ4v) is 3.51. The van der Waals surface area contributed by atoms with Crippen LogP contribution < -0.4 is 10.1 Å². The van der Waals surface area contributed by atoms with Crippen molar-refractivity contribution in [3.63, 3.8) is 0 Å².